The summed E-state index contributed by atoms with van der Waals surface area (Å²) in [7, 11) is 4.13. The van der Waals surface area contributed by atoms with Gasteiger partial charge in [-0.3, -0.25) is 4.79 Å². The SMILES string of the molecule is CC1CCN(c2ccc(NC(=O)c3ccc(NCCCN(C)C)nc3)cc2)CC1. The number of hydrogen-bond acceptors (Lipinski definition) is 5. The minimum atomic E-state index is -0.142. The van der Waals surface area contributed by atoms with Crippen LogP contribution in [0, 0.1) is 5.92 Å². The second kappa shape index (κ2) is 10.3. The van der Waals surface area contributed by atoms with Gasteiger partial charge in [0.25, 0.3) is 5.91 Å². The van der Waals surface area contributed by atoms with Crippen LogP contribution in [-0.4, -0.2) is 56.1 Å². The van der Waals surface area contributed by atoms with Gasteiger partial charge in [0, 0.05) is 37.2 Å². The summed E-state index contributed by atoms with van der Waals surface area (Å²) in [5.74, 6) is 1.47. The molecule has 1 fully saturated rings. The van der Waals surface area contributed by atoms with Gasteiger partial charge in [-0.15, -0.1) is 0 Å². The van der Waals surface area contributed by atoms with E-state index in [1.54, 1.807) is 12.3 Å². The van der Waals surface area contributed by atoms with Gasteiger partial charge in [-0.1, -0.05) is 6.92 Å². The Hall–Kier alpha value is -2.60. The maximum Gasteiger partial charge on any atom is 0.257 e. The topological polar surface area (TPSA) is 60.5 Å². The van der Waals surface area contributed by atoms with E-state index in [2.05, 4.69) is 58.6 Å². The van der Waals surface area contributed by atoms with Crippen LogP contribution >= 0.6 is 0 Å². The molecule has 0 spiro atoms. The molecule has 6 heteroatoms. The average Bonchev–Trinajstić information content (AvgIpc) is 2.73. The number of anilines is 3. The summed E-state index contributed by atoms with van der Waals surface area (Å²) in [5, 5.41) is 6.24. The van der Waals surface area contributed by atoms with Gasteiger partial charge in [-0.2, -0.15) is 0 Å². The fourth-order valence-electron chi connectivity index (χ4n) is 3.47. The van der Waals surface area contributed by atoms with Gasteiger partial charge < -0.3 is 20.4 Å². The molecule has 0 atom stereocenters. The van der Waals surface area contributed by atoms with Crippen molar-refractivity contribution in [3.8, 4) is 0 Å². The van der Waals surface area contributed by atoms with Crippen molar-refractivity contribution < 1.29 is 4.79 Å². The van der Waals surface area contributed by atoms with Crippen LogP contribution in [0.15, 0.2) is 42.6 Å². The molecule has 1 amide bonds. The number of aromatic nitrogens is 1. The number of carbonyl (C=O) groups is 1. The van der Waals surface area contributed by atoms with Gasteiger partial charge in [-0.05, 0) is 82.2 Å². The highest BCUT2D eigenvalue weighted by molar-refractivity contribution is 6.04. The molecule has 1 aliphatic heterocycles. The third kappa shape index (κ3) is 6.46. The summed E-state index contributed by atoms with van der Waals surface area (Å²) >= 11 is 0. The largest absolute Gasteiger partial charge is 0.372 e. The molecule has 3 rings (SSSR count). The molecular weight excluding hydrogens is 362 g/mol. The smallest absolute Gasteiger partial charge is 0.257 e. The van der Waals surface area contributed by atoms with E-state index in [0.717, 1.165) is 50.0 Å². The summed E-state index contributed by atoms with van der Waals surface area (Å²) < 4.78 is 0. The first-order valence-electron chi connectivity index (χ1n) is 10.5. The van der Waals surface area contributed by atoms with Crippen molar-refractivity contribution in [1.82, 2.24) is 9.88 Å². The number of carbonyl (C=O) groups excluding carboxylic acids is 1. The normalized spacial score (nSPS) is 14.8. The molecule has 6 nitrogen and oxygen atoms in total. The van der Waals surface area contributed by atoms with Crippen molar-refractivity contribution in [2.24, 2.45) is 5.92 Å². The lowest BCUT2D eigenvalue weighted by atomic mass is 9.99. The molecular formula is C23H33N5O. The molecule has 1 aliphatic rings. The highest BCUT2D eigenvalue weighted by Crippen LogP contribution is 2.24. The minimum Gasteiger partial charge on any atom is -0.372 e. The summed E-state index contributed by atoms with van der Waals surface area (Å²) in [6.07, 6.45) is 5.15. The molecule has 156 valence electrons. The number of hydrogen-bond donors (Lipinski definition) is 2. The quantitative estimate of drug-likeness (QED) is 0.663. The molecule has 0 bridgehead atoms. The molecule has 0 radical (unpaired) electrons. The highest BCUT2D eigenvalue weighted by atomic mass is 16.1. The number of nitrogens with one attached hydrogen (secondary N) is 2. The molecule has 1 saturated heterocycles. The number of amides is 1. The summed E-state index contributed by atoms with van der Waals surface area (Å²) in [6, 6.07) is 11.8. The molecule has 2 heterocycles. The van der Waals surface area contributed by atoms with Gasteiger partial charge in [0.15, 0.2) is 0 Å². The highest BCUT2D eigenvalue weighted by Gasteiger charge is 2.16. The van der Waals surface area contributed by atoms with Gasteiger partial charge in [0.05, 0.1) is 5.56 Å². The number of rotatable bonds is 8. The van der Waals surface area contributed by atoms with Crippen molar-refractivity contribution in [1.29, 1.82) is 0 Å². The molecule has 1 aromatic carbocycles. The lowest BCUT2D eigenvalue weighted by Crippen LogP contribution is -2.32. The first kappa shape index (κ1) is 21.1. The van der Waals surface area contributed by atoms with Crippen LogP contribution in [-0.2, 0) is 0 Å². The van der Waals surface area contributed by atoms with Crippen LogP contribution < -0.4 is 15.5 Å². The van der Waals surface area contributed by atoms with Crippen LogP contribution in [0.1, 0.15) is 36.5 Å². The van der Waals surface area contributed by atoms with Crippen molar-refractivity contribution in [2.45, 2.75) is 26.2 Å². The molecule has 29 heavy (non-hydrogen) atoms. The van der Waals surface area contributed by atoms with Crippen molar-refractivity contribution in [2.75, 3.05) is 55.8 Å². The second-order valence-electron chi connectivity index (χ2n) is 8.19. The number of pyridine rings is 1. The molecule has 2 N–H and O–H groups in total. The minimum absolute atomic E-state index is 0.142. The Balaban J connectivity index is 1.49. The van der Waals surface area contributed by atoms with E-state index < -0.39 is 0 Å². The number of piperidine rings is 1. The van der Waals surface area contributed by atoms with Crippen LogP contribution in [0.3, 0.4) is 0 Å². The molecule has 1 aromatic heterocycles. The lowest BCUT2D eigenvalue weighted by molar-refractivity contribution is 0.102. The van der Waals surface area contributed by atoms with E-state index >= 15 is 0 Å². The lowest BCUT2D eigenvalue weighted by Gasteiger charge is -2.32. The fraction of sp³-hybridized carbons (Fsp3) is 0.478. The van der Waals surface area contributed by atoms with Gasteiger partial charge >= 0.3 is 0 Å². The zero-order valence-electron chi connectivity index (χ0n) is 17.8. The van der Waals surface area contributed by atoms with Crippen LogP contribution in [0.5, 0.6) is 0 Å². The predicted octanol–water partition coefficient (Wildman–Crippen LogP) is 3.93. The van der Waals surface area contributed by atoms with Gasteiger partial charge in [-0.25, -0.2) is 4.98 Å². The predicted molar refractivity (Wildman–Crippen MR) is 121 cm³/mol. The fourth-order valence-corrected chi connectivity index (χ4v) is 3.47. The van der Waals surface area contributed by atoms with E-state index in [0.29, 0.717) is 5.56 Å². The standard InChI is InChI=1S/C23H33N5O/c1-18-11-15-28(16-12-18)21-8-6-20(7-9-21)26-23(29)19-5-10-22(25-17-19)24-13-4-14-27(2)3/h5-10,17-18H,4,11-16H2,1-3H3,(H,24,25)(H,26,29). The molecule has 2 aromatic rings. The van der Waals surface area contributed by atoms with E-state index in [1.165, 1.54) is 18.5 Å². The van der Waals surface area contributed by atoms with Gasteiger partial charge in [0.2, 0.25) is 0 Å². The number of nitrogens with zero attached hydrogens (tertiary/aromatic N) is 3. The number of benzene rings is 1. The molecule has 0 unspecified atom stereocenters. The zero-order chi connectivity index (χ0) is 20.6. The Kier molecular flexibility index (Phi) is 7.47. The first-order chi connectivity index (χ1) is 14.0. The maximum absolute atomic E-state index is 12.5. The summed E-state index contributed by atoms with van der Waals surface area (Å²) in [5.41, 5.74) is 2.58. The molecule has 0 saturated carbocycles. The van der Waals surface area contributed by atoms with E-state index in [-0.39, 0.29) is 5.91 Å². The van der Waals surface area contributed by atoms with Crippen LogP contribution in [0.25, 0.3) is 0 Å². The van der Waals surface area contributed by atoms with E-state index in [4.69, 9.17) is 0 Å². The van der Waals surface area contributed by atoms with Gasteiger partial charge in [0.1, 0.15) is 5.82 Å². The monoisotopic (exact) mass is 395 g/mol. The molecule has 0 aliphatic carbocycles. The Labute approximate surface area is 174 Å². The van der Waals surface area contributed by atoms with Crippen molar-refractivity contribution >= 4 is 23.1 Å². The first-order valence-corrected chi connectivity index (χ1v) is 10.5. The zero-order valence-corrected chi connectivity index (χ0v) is 17.8. The Bertz CT molecular complexity index is 765. The van der Waals surface area contributed by atoms with Crippen molar-refractivity contribution in [3.05, 3.63) is 48.2 Å². The Morgan fingerprint density at radius 1 is 1.14 bits per heavy atom. The second-order valence-corrected chi connectivity index (χ2v) is 8.19. The third-order valence-corrected chi connectivity index (χ3v) is 5.39. The van der Waals surface area contributed by atoms with E-state index in [1.807, 2.05) is 18.2 Å². The van der Waals surface area contributed by atoms with Crippen LogP contribution in [0.2, 0.25) is 0 Å². The Morgan fingerprint density at radius 2 is 1.86 bits per heavy atom. The average molecular weight is 396 g/mol. The third-order valence-electron chi connectivity index (χ3n) is 5.39. The van der Waals surface area contributed by atoms with E-state index in [9.17, 15) is 4.79 Å². The maximum atomic E-state index is 12.5. The van der Waals surface area contributed by atoms with Crippen molar-refractivity contribution in [3.63, 3.8) is 0 Å². The summed E-state index contributed by atoms with van der Waals surface area (Å²) in [6.45, 7) is 6.42. The summed E-state index contributed by atoms with van der Waals surface area (Å²) in [4.78, 5) is 21.4. The van der Waals surface area contributed by atoms with Crippen LogP contribution in [0.4, 0.5) is 17.2 Å². The Morgan fingerprint density at radius 3 is 2.48 bits per heavy atom.